The van der Waals surface area contributed by atoms with Gasteiger partial charge in [0.25, 0.3) is 5.91 Å². The number of halogens is 2. The van der Waals surface area contributed by atoms with Crippen molar-refractivity contribution in [2.45, 2.75) is 13.5 Å². The lowest BCUT2D eigenvalue weighted by molar-refractivity contribution is 0.102. The van der Waals surface area contributed by atoms with Crippen LogP contribution in [0.4, 0.5) is 10.1 Å². The molecule has 0 aliphatic rings. The van der Waals surface area contributed by atoms with Crippen LogP contribution >= 0.6 is 23.7 Å². The summed E-state index contributed by atoms with van der Waals surface area (Å²) in [6.07, 6.45) is 1.65. The molecule has 3 aromatic heterocycles. The Labute approximate surface area is 197 Å². The zero-order chi connectivity index (χ0) is 22.2. The van der Waals surface area contributed by atoms with E-state index in [9.17, 15) is 4.79 Å². The molecule has 0 bridgehead atoms. The van der Waals surface area contributed by atoms with Crippen molar-refractivity contribution in [2.75, 3.05) is 5.32 Å². The van der Waals surface area contributed by atoms with Crippen molar-refractivity contribution in [3.8, 4) is 21.8 Å². The van der Waals surface area contributed by atoms with Crippen molar-refractivity contribution in [1.82, 2.24) is 25.4 Å². The van der Waals surface area contributed by atoms with Gasteiger partial charge in [-0.2, -0.15) is 10.2 Å². The van der Waals surface area contributed by atoms with Crippen LogP contribution in [0.25, 0.3) is 32.7 Å². The van der Waals surface area contributed by atoms with E-state index in [1.807, 2.05) is 13.0 Å². The molecule has 8 nitrogen and oxygen atoms in total. The minimum atomic E-state index is -0.418. The number of carbonyl (C=O) groups is 1. The zero-order valence-corrected chi connectivity index (χ0v) is 19.0. The maximum Gasteiger partial charge on any atom is 0.275 e. The SMILES string of the molecule is Cc1cc(-c2nc(C(=O)Nc3cc4[nH]ncc4cc3-c3cccc(CN)c3F)cs2)n[nH]1.Cl. The zero-order valence-electron chi connectivity index (χ0n) is 17.3. The molecule has 0 fully saturated rings. The third-order valence-corrected chi connectivity index (χ3v) is 5.94. The van der Waals surface area contributed by atoms with Crippen LogP contribution in [-0.2, 0) is 6.54 Å². The lowest BCUT2D eigenvalue weighted by Gasteiger charge is -2.13. The number of H-pyrrole nitrogens is 2. The molecule has 0 saturated heterocycles. The third-order valence-electron chi connectivity index (χ3n) is 5.08. The summed E-state index contributed by atoms with van der Waals surface area (Å²) in [6, 6.07) is 10.4. The monoisotopic (exact) mass is 483 g/mol. The third kappa shape index (κ3) is 4.23. The molecule has 2 aromatic carbocycles. The van der Waals surface area contributed by atoms with Gasteiger partial charge in [0.2, 0.25) is 0 Å². The van der Waals surface area contributed by atoms with Gasteiger partial charge in [0.05, 0.1) is 17.4 Å². The highest BCUT2D eigenvalue weighted by atomic mass is 35.5. The number of aromatic nitrogens is 5. The summed E-state index contributed by atoms with van der Waals surface area (Å²) in [5, 5.41) is 19.9. The molecule has 168 valence electrons. The van der Waals surface area contributed by atoms with E-state index in [4.69, 9.17) is 5.73 Å². The van der Waals surface area contributed by atoms with Crippen LogP contribution in [0.2, 0.25) is 0 Å². The number of nitrogens with one attached hydrogen (secondary N) is 3. The number of rotatable bonds is 5. The molecular weight excluding hydrogens is 465 g/mol. The minimum Gasteiger partial charge on any atom is -0.326 e. The molecule has 0 aliphatic heterocycles. The van der Waals surface area contributed by atoms with Crippen LogP contribution < -0.4 is 11.1 Å². The molecule has 5 rings (SSSR count). The van der Waals surface area contributed by atoms with Crippen LogP contribution in [0.1, 0.15) is 21.7 Å². The highest BCUT2D eigenvalue weighted by Gasteiger charge is 2.19. The van der Waals surface area contributed by atoms with Crippen molar-refractivity contribution < 1.29 is 9.18 Å². The fourth-order valence-electron chi connectivity index (χ4n) is 3.47. The van der Waals surface area contributed by atoms with Crippen molar-refractivity contribution in [2.24, 2.45) is 5.73 Å². The number of amides is 1. The topological polar surface area (TPSA) is 125 Å². The smallest absolute Gasteiger partial charge is 0.275 e. The largest absolute Gasteiger partial charge is 0.326 e. The van der Waals surface area contributed by atoms with Gasteiger partial charge in [0, 0.05) is 39.7 Å². The van der Waals surface area contributed by atoms with E-state index in [1.165, 1.54) is 11.3 Å². The second-order valence-electron chi connectivity index (χ2n) is 7.27. The molecule has 11 heteroatoms. The second-order valence-corrected chi connectivity index (χ2v) is 8.12. The molecule has 5 aromatic rings. The molecule has 0 aliphatic carbocycles. The molecule has 5 N–H and O–H groups in total. The maximum atomic E-state index is 15.1. The average molecular weight is 484 g/mol. The van der Waals surface area contributed by atoms with Gasteiger partial charge in [-0.05, 0) is 25.1 Å². The highest BCUT2D eigenvalue weighted by Crippen LogP contribution is 2.35. The Balaban J connectivity index is 0.00000259. The first-order valence-electron chi connectivity index (χ1n) is 9.77. The Kier molecular flexibility index (Phi) is 6.23. The number of nitrogens with two attached hydrogens (primary N) is 1. The number of nitrogens with zero attached hydrogens (tertiary/aromatic N) is 3. The summed E-state index contributed by atoms with van der Waals surface area (Å²) in [7, 11) is 0. The van der Waals surface area contributed by atoms with E-state index in [0.717, 1.165) is 11.1 Å². The molecule has 1 amide bonds. The van der Waals surface area contributed by atoms with Crippen LogP contribution in [0, 0.1) is 12.7 Å². The summed E-state index contributed by atoms with van der Waals surface area (Å²) < 4.78 is 15.1. The Hall–Kier alpha value is -3.60. The summed E-state index contributed by atoms with van der Waals surface area (Å²) >= 11 is 1.32. The van der Waals surface area contributed by atoms with E-state index < -0.39 is 11.7 Å². The fraction of sp³-hybridized carbons (Fsp3) is 0.0909. The van der Waals surface area contributed by atoms with Crippen molar-refractivity contribution in [3.63, 3.8) is 0 Å². The second kappa shape index (κ2) is 9.10. The maximum absolute atomic E-state index is 15.1. The number of aromatic amines is 2. The van der Waals surface area contributed by atoms with Gasteiger partial charge >= 0.3 is 0 Å². The first kappa shape index (κ1) is 22.6. The summed E-state index contributed by atoms with van der Waals surface area (Å²) in [5.74, 6) is -0.826. The number of thiazole rings is 1. The molecule has 33 heavy (non-hydrogen) atoms. The Morgan fingerprint density at radius 1 is 1.21 bits per heavy atom. The van der Waals surface area contributed by atoms with Crippen LogP contribution in [-0.4, -0.2) is 31.3 Å². The van der Waals surface area contributed by atoms with Gasteiger partial charge in [-0.1, -0.05) is 18.2 Å². The van der Waals surface area contributed by atoms with E-state index in [0.29, 0.717) is 38.6 Å². The van der Waals surface area contributed by atoms with Gasteiger partial charge in [0.1, 0.15) is 22.2 Å². The minimum absolute atomic E-state index is 0. The van der Waals surface area contributed by atoms with E-state index >= 15 is 4.39 Å². The molecule has 0 atom stereocenters. The standard InChI is InChI=1S/C22H18FN7OS.ClH/c1-11-5-18(30-28-11)22-27-19(10-32-22)21(31)26-17-7-16-13(9-25-29-16)6-15(17)14-4-2-3-12(8-24)20(14)23;/h2-7,9-10H,8,24H2,1H3,(H,25,29)(H,26,31)(H,28,30);1H. The Morgan fingerprint density at radius 3 is 2.82 bits per heavy atom. The lowest BCUT2D eigenvalue weighted by atomic mass is 9.98. The van der Waals surface area contributed by atoms with Crippen LogP contribution in [0.3, 0.4) is 0 Å². The number of aryl methyl sites for hydroxylation is 1. The summed E-state index contributed by atoms with van der Waals surface area (Å²) in [4.78, 5) is 17.4. The Morgan fingerprint density at radius 2 is 2.06 bits per heavy atom. The first-order chi connectivity index (χ1) is 15.5. The van der Waals surface area contributed by atoms with E-state index in [-0.39, 0.29) is 24.6 Å². The van der Waals surface area contributed by atoms with E-state index in [2.05, 4.69) is 30.7 Å². The number of carbonyl (C=O) groups excluding carboxylic acids is 1. The molecule has 0 saturated carbocycles. The van der Waals surface area contributed by atoms with Gasteiger partial charge in [-0.3, -0.25) is 15.0 Å². The van der Waals surface area contributed by atoms with Crippen molar-refractivity contribution in [3.05, 3.63) is 70.7 Å². The quantitative estimate of drug-likeness (QED) is 0.289. The molecule has 3 heterocycles. The summed E-state index contributed by atoms with van der Waals surface area (Å²) in [5.41, 5.74) is 9.92. The number of hydrogen-bond donors (Lipinski definition) is 4. The molecule has 0 unspecified atom stereocenters. The average Bonchev–Trinajstić information content (AvgIpc) is 3.53. The van der Waals surface area contributed by atoms with Gasteiger partial charge in [-0.15, -0.1) is 23.7 Å². The predicted molar refractivity (Wildman–Crippen MR) is 129 cm³/mol. The molecular formula is C22H19ClFN7OS. The van der Waals surface area contributed by atoms with Crippen LogP contribution in [0.5, 0.6) is 0 Å². The van der Waals surface area contributed by atoms with Crippen LogP contribution in [0.15, 0.2) is 48.0 Å². The van der Waals surface area contributed by atoms with Gasteiger partial charge in [0.15, 0.2) is 0 Å². The predicted octanol–water partition coefficient (Wildman–Crippen LogP) is 4.66. The van der Waals surface area contributed by atoms with Crippen molar-refractivity contribution in [1.29, 1.82) is 0 Å². The van der Waals surface area contributed by atoms with Crippen molar-refractivity contribution >= 4 is 46.2 Å². The number of hydrogen-bond acceptors (Lipinski definition) is 6. The Bertz CT molecular complexity index is 1460. The fourth-order valence-corrected chi connectivity index (χ4v) is 4.23. The normalized spacial score (nSPS) is 10.9. The van der Waals surface area contributed by atoms with E-state index in [1.54, 1.807) is 41.9 Å². The number of fused-ring (bicyclic) bond motifs is 1. The first-order valence-corrected chi connectivity index (χ1v) is 10.7. The number of anilines is 1. The number of benzene rings is 2. The van der Waals surface area contributed by atoms with Gasteiger partial charge in [-0.25, -0.2) is 9.37 Å². The highest BCUT2D eigenvalue weighted by molar-refractivity contribution is 7.13. The van der Waals surface area contributed by atoms with Gasteiger partial charge < -0.3 is 11.1 Å². The molecule has 0 spiro atoms. The molecule has 0 radical (unpaired) electrons. The summed E-state index contributed by atoms with van der Waals surface area (Å²) in [6.45, 7) is 1.97. The lowest BCUT2D eigenvalue weighted by Crippen LogP contribution is -2.13.